The van der Waals surface area contributed by atoms with Gasteiger partial charge in [0.2, 0.25) is 0 Å². The first kappa shape index (κ1) is 22.5. The molecule has 1 unspecified atom stereocenters. The van der Waals surface area contributed by atoms with Crippen LogP contribution in [0.4, 0.5) is 13.2 Å². The zero-order valence-corrected chi connectivity index (χ0v) is 18.1. The SMILES string of the molecule is CC(c1nnc(SCc2ccc(OC(F)(F)F)cc2)n1-c1ccc(Cl)cc1)N(C)C. The average molecular weight is 457 g/mol. The summed E-state index contributed by atoms with van der Waals surface area (Å²) in [5.74, 6) is 1.04. The van der Waals surface area contributed by atoms with E-state index in [-0.39, 0.29) is 11.8 Å². The first-order chi connectivity index (χ1) is 14.1. The Morgan fingerprint density at radius 3 is 2.27 bits per heavy atom. The van der Waals surface area contributed by atoms with Crippen molar-refractivity contribution in [2.45, 2.75) is 30.2 Å². The summed E-state index contributed by atoms with van der Waals surface area (Å²) in [7, 11) is 3.92. The van der Waals surface area contributed by atoms with Gasteiger partial charge >= 0.3 is 6.36 Å². The maximum Gasteiger partial charge on any atom is 0.573 e. The quantitative estimate of drug-likeness (QED) is 0.424. The summed E-state index contributed by atoms with van der Waals surface area (Å²) < 4.78 is 42.8. The van der Waals surface area contributed by atoms with Crippen molar-refractivity contribution in [3.05, 3.63) is 64.9 Å². The van der Waals surface area contributed by atoms with Gasteiger partial charge in [-0.15, -0.1) is 23.4 Å². The summed E-state index contributed by atoms with van der Waals surface area (Å²) in [4.78, 5) is 2.03. The minimum absolute atomic E-state index is 0.0151. The van der Waals surface area contributed by atoms with Gasteiger partial charge in [0, 0.05) is 16.5 Å². The molecule has 30 heavy (non-hydrogen) atoms. The third-order valence-corrected chi connectivity index (χ3v) is 5.67. The number of benzene rings is 2. The van der Waals surface area contributed by atoms with E-state index in [4.69, 9.17) is 11.6 Å². The Morgan fingerprint density at radius 2 is 1.70 bits per heavy atom. The van der Waals surface area contributed by atoms with Crippen LogP contribution in [0.3, 0.4) is 0 Å². The Kier molecular flexibility index (Phi) is 6.95. The highest BCUT2D eigenvalue weighted by atomic mass is 35.5. The maximum absolute atomic E-state index is 12.3. The molecule has 1 aromatic heterocycles. The Morgan fingerprint density at radius 1 is 1.07 bits per heavy atom. The van der Waals surface area contributed by atoms with Crippen molar-refractivity contribution >= 4 is 23.4 Å². The molecule has 0 aliphatic rings. The molecule has 0 saturated carbocycles. The first-order valence-corrected chi connectivity index (χ1v) is 10.4. The summed E-state index contributed by atoms with van der Waals surface area (Å²) >= 11 is 7.47. The van der Waals surface area contributed by atoms with Crippen molar-refractivity contribution in [1.29, 1.82) is 0 Å². The predicted molar refractivity (Wildman–Crippen MR) is 111 cm³/mol. The van der Waals surface area contributed by atoms with Crippen LogP contribution in [0.1, 0.15) is 24.4 Å². The van der Waals surface area contributed by atoms with Crippen LogP contribution in [-0.2, 0) is 5.75 Å². The second-order valence-electron chi connectivity index (χ2n) is 6.77. The van der Waals surface area contributed by atoms with Gasteiger partial charge in [-0.25, -0.2) is 0 Å². The minimum atomic E-state index is -4.70. The number of ether oxygens (including phenoxy) is 1. The van der Waals surface area contributed by atoms with Crippen LogP contribution in [-0.4, -0.2) is 40.1 Å². The Bertz CT molecular complexity index is 975. The van der Waals surface area contributed by atoms with Crippen LogP contribution in [0.25, 0.3) is 5.69 Å². The van der Waals surface area contributed by atoms with Gasteiger partial charge in [-0.1, -0.05) is 35.5 Å². The molecular weight excluding hydrogens is 437 g/mol. The highest BCUT2D eigenvalue weighted by Crippen LogP contribution is 2.30. The van der Waals surface area contributed by atoms with Crippen LogP contribution in [0.5, 0.6) is 5.75 Å². The molecule has 160 valence electrons. The number of alkyl halides is 3. The number of thioether (sulfide) groups is 1. The van der Waals surface area contributed by atoms with E-state index in [1.807, 2.05) is 42.6 Å². The van der Waals surface area contributed by atoms with Crippen LogP contribution in [0.15, 0.2) is 53.7 Å². The number of aromatic nitrogens is 3. The van der Waals surface area contributed by atoms with Crippen LogP contribution in [0.2, 0.25) is 5.02 Å². The molecule has 3 aromatic rings. The van der Waals surface area contributed by atoms with Crippen molar-refractivity contribution in [3.63, 3.8) is 0 Å². The monoisotopic (exact) mass is 456 g/mol. The fourth-order valence-corrected chi connectivity index (χ4v) is 3.69. The maximum atomic E-state index is 12.3. The van der Waals surface area contributed by atoms with E-state index in [9.17, 15) is 13.2 Å². The number of rotatable bonds is 7. The predicted octanol–water partition coefficient (Wildman–Crippen LogP) is 5.73. The summed E-state index contributed by atoms with van der Waals surface area (Å²) in [6, 6.07) is 13.2. The van der Waals surface area contributed by atoms with Crippen LogP contribution >= 0.6 is 23.4 Å². The van der Waals surface area contributed by atoms with Gasteiger partial charge in [0.05, 0.1) is 6.04 Å². The van der Waals surface area contributed by atoms with Crippen LogP contribution in [0, 0.1) is 0 Å². The lowest BCUT2D eigenvalue weighted by atomic mass is 10.2. The van der Waals surface area contributed by atoms with E-state index < -0.39 is 6.36 Å². The van der Waals surface area contributed by atoms with E-state index in [0.29, 0.717) is 15.9 Å². The number of nitrogens with zero attached hydrogens (tertiary/aromatic N) is 4. The van der Waals surface area contributed by atoms with Gasteiger partial charge < -0.3 is 4.74 Å². The minimum Gasteiger partial charge on any atom is -0.406 e. The largest absolute Gasteiger partial charge is 0.573 e. The fraction of sp³-hybridized carbons (Fsp3) is 0.300. The lowest BCUT2D eigenvalue weighted by Crippen LogP contribution is -2.20. The standard InChI is InChI=1S/C20H20ClF3N4OS/c1-13(27(2)3)18-25-26-19(28(18)16-8-6-15(21)7-9-16)30-12-14-4-10-17(11-5-14)29-20(22,23)24/h4-11,13H,12H2,1-3H3. The number of halogens is 4. The Labute approximate surface area is 181 Å². The second kappa shape index (κ2) is 9.28. The molecule has 0 N–H and O–H groups in total. The molecule has 5 nitrogen and oxygen atoms in total. The van der Waals surface area contributed by atoms with Crippen LogP contribution < -0.4 is 4.74 Å². The van der Waals surface area contributed by atoms with Gasteiger partial charge in [-0.05, 0) is 63.0 Å². The molecule has 0 fully saturated rings. The summed E-state index contributed by atoms with van der Waals surface area (Å²) in [6.45, 7) is 2.03. The highest BCUT2D eigenvalue weighted by molar-refractivity contribution is 7.98. The Balaban J connectivity index is 1.83. The number of hydrogen-bond donors (Lipinski definition) is 0. The molecule has 0 amide bonds. The molecule has 0 saturated heterocycles. The van der Waals surface area contributed by atoms with E-state index >= 15 is 0 Å². The van der Waals surface area contributed by atoms with E-state index in [1.54, 1.807) is 24.3 Å². The second-order valence-corrected chi connectivity index (χ2v) is 8.15. The molecular formula is C20H20ClF3N4OS. The molecule has 0 radical (unpaired) electrons. The van der Waals surface area contributed by atoms with Crippen molar-refractivity contribution in [2.24, 2.45) is 0 Å². The topological polar surface area (TPSA) is 43.2 Å². The molecule has 0 bridgehead atoms. The van der Waals surface area contributed by atoms with Gasteiger partial charge in [0.15, 0.2) is 11.0 Å². The fourth-order valence-electron chi connectivity index (χ4n) is 2.64. The average Bonchev–Trinajstić information content (AvgIpc) is 3.10. The first-order valence-electron chi connectivity index (χ1n) is 8.99. The molecule has 3 rings (SSSR count). The normalized spacial score (nSPS) is 12.9. The van der Waals surface area contributed by atoms with Gasteiger partial charge in [-0.2, -0.15) is 0 Å². The zero-order chi connectivity index (χ0) is 21.9. The third-order valence-electron chi connectivity index (χ3n) is 4.42. The van der Waals surface area contributed by atoms with E-state index in [1.165, 1.54) is 23.9 Å². The molecule has 0 spiro atoms. The lowest BCUT2D eigenvalue weighted by molar-refractivity contribution is -0.274. The lowest BCUT2D eigenvalue weighted by Gasteiger charge is -2.20. The Hall–Kier alpha value is -2.23. The smallest absolute Gasteiger partial charge is 0.406 e. The summed E-state index contributed by atoms with van der Waals surface area (Å²) in [5.41, 5.74) is 1.71. The van der Waals surface area contributed by atoms with E-state index in [0.717, 1.165) is 17.1 Å². The van der Waals surface area contributed by atoms with Crippen molar-refractivity contribution in [2.75, 3.05) is 14.1 Å². The molecule has 1 atom stereocenters. The van der Waals surface area contributed by atoms with Crippen molar-refractivity contribution in [3.8, 4) is 11.4 Å². The van der Waals surface area contributed by atoms with Crippen molar-refractivity contribution < 1.29 is 17.9 Å². The number of hydrogen-bond acceptors (Lipinski definition) is 5. The molecule has 0 aliphatic carbocycles. The summed E-state index contributed by atoms with van der Waals surface area (Å²) in [5, 5.41) is 10.0. The van der Waals surface area contributed by atoms with Gasteiger partial charge in [0.25, 0.3) is 0 Å². The van der Waals surface area contributed by atoms with Gasteiger partial charge in [-0.3, -0.25) is 9.47 Å². The molecule has 1 heterocycles. The van der Waals surface area contributed by atoms with Gasteiger partial charge in [0.1, 0.15) is 5.75 Å². The highest BCUT2D eigenvalue weighted by Gasteiger charge is 2.31. The van der Waals surface area contributed by atoms with Crippen molar-refractivity contribution in [1.82, 2.24) is 19.7 Å². The summed E-state index contributed by atoms with van der Waals surface area (Å²) in [6.07, 6.45) is -4.70. The zero-order valence-electron chi connectivity index (χ0n) is 16.5. The molecule has 2 aromatic carbocycles. The van der Waals surface area contributed by atoms with E-state index in [2.05, 4.69) is 14.9 Å². The molecule has 0 aliphatic heterocycles. The molecule has 10 heteroatoms. The third kappa shape index (κ3) is 5.68.